The van der Waals surface area contributed by atoms with Gasteiger partial charge in [-0.15, -0.1) is 0 Å². The molecule has 0 aliphatic carbocycles. The van der Waals surface area contributed by atoms with Gasteiger partial charge in [-0.05, 0) is 56.3 Å². The molecule has 0 radical (unpaired) electrons. The van der Waals surface area contributed by atoms with Gasteiger partial charge in [-0.2, -0.15) is 0 Å². The maximum atomic E-state index is 15.1. The Morgan fingerprint density at radius 3 is 0.523 bits per heavy atom. The van der Waals surface area contributed by atoms with Crippen LogP contribution in [0.2, 0.25) is 0 Å². The molecule has 4 nitrogen and oxygen atoms in total. The third-order valence-electron chi connectivity index (χ3n) is 14.7. The zero-order valence-electron chi connectivity index (χ0n) is 45.9. The van der Waals surface area contributed by atoms with Crippen LogP contribution in [0.3, 0.4) is 0 Å². The Hall–Kier alpha value is 0.110. The van der Waals surface area contributed by atoms with Crippen LogP contribution in [0.4, 0.5) is 0 Å². The van der Waals surface area contributed by atoms with Gasteiger partial charge in [-0.25, -0.2) is 4.57 Å². The molecule has 0 bridgehead atoms. The van der Waals surface area contributed by atoms with Crippen molar-refractivity contribution >= 4 is 7.82 Å². The summed E-state index contributed by atoms with van der Waals surface area (Å²) in [5.41, 5.74) is 0. The lowest BCUT2D eigenvalue weighted by atomic mass is 9.95. The van der Waals surface area contributed by atoms with Crippen LogP contribution in [-0.4, -0.2) is 19.8 Å². The molecule has 0 aliphatic rings. The smallest absolute Gasteiger partial charge is 0.287 e. The summed E-state index contributed by atoms with van der Waals surface area (Å²) in [6.45, 7) is 15.4. The lowest BCUT2D eigenvalue weighted by Crippen LogP contribution is -2.17. The van der Waals surface area contributed by atoms with Crippen molar-refractivity contribution in [1.82, 2.24) is 0 Å². The summed E-state index contributed by atoms with van der Waals surface area (Å²) < 4.78 is 35.0. The summed E-state index contributed by atoms with van der Waals surface area (Å²) >= 11 is 0. The molecule has 3 atom stereocenters. The molecule has 0 aromatic carbocycles. The normalized spacial score (nSPS) is 14.2. The van der Waals surface area contributed by atoms with E-state index in [-0.39, 0.29) is 0 Å². The van der Waals surface area contributed by atoms with Crippen molar-refractivity contribution in [2.45, 2.75) is 350 Å². The first-order valence-electron chi connectivity index (χ1n) is 30.5. The Morgan fingerprint density at radius 1 is 0.231 bits per heavy atom. The SMILES string of the molecule is CCCCCCCCCCC(CCCCCCCC)COP(=O)(OCC(CCCCCCCC)CCCCCCCCCC)OCC(CCCCCCCC)CCCCCCCCCC. The van der Waals surface area contributed by atoms with Crippen LogP contribution in [0.1, 0.15) is 350 Å². The Labute approximate surface area is 411 Å². The zero-order valence-corrected chi connectivity index (χ0v) is 46.8. The molecule has 65 heavy (non-hydrogen) atoms. The van der Waals surface area contributed by atoms with Crippen LogP contribution in [-0.2, 0) is 18.1 Å². The average Bonchev–Trinajstić information content (AvgIpc) is 3.31. The number of phosphoric ester groups is 1. The number of rotatable bonds is 57. The van der Waals surface area contributed by atoms with E-state index in [2.05, 4.69) is 41.5 Å². The Bertz CT molecular complexity index is 813. The second-order valence-corrected chi connectivity index (χ2v) is 23.1. The van der Waals surface area contributed by atoms with Crippen molar-refractivity contribution in [3.05, 3.63) is 0 Å². The van der Waals surface area contributed by atoms with Crippen LogP contribution in [0.25, 0.3) is 0 Å². The van der Waals surface area contributed by atoms with Crippen molar-refractivity contribution in [3.63, 3.8) is 0 Å². The van der Waals surface area contributed by atoms with E-state index in [9.17, 15) is 0 Å². The molecule has 0 aromatic rings. The third kappa shape index (κ3) is 47.6. The molecule has 392 valence electrons. The molecule has 0 aliphatic heterocycles. The van der Waals surface area contributed by atoms with Gasteiger partial charge in [0.2, 0.25) is 0 Å². The molecule has 0 rings (SSSR count). The van der Waals surface area contributed by atoms with E-state index in [1.165, 1.54) is 308 Å². The van der Waals surface area contributed by atoms with E-state index in [0.717, 1.165) is 0 Å². The molecule has 0 aromatic heterocycles. The highest BCUT2D eigenvalue weighted by Crippen LogP contribution is 2.51. The van der Waals surface area contributed by atoms with Crippen molar-refractivity contribution in [2.75, 3.05) is 19.8 Å². The highest BCUT2D eigenvalue weighted by atomic mass is 31.2. The number of phosphoric acid groups is 1. The van der Waals surface area contributed by atoms with Crippen LogP contribution in [0, 0.1) is 17.8 Å². The van der Waals surface area contributed by atoms with Crippen LogP contribution in [0.5, 0.6) is 0 Å². The first-order valence-corrected chi connectivity index (χ1v) is 32.0. The minimum atomic E-state index is -3.72. The maximum absolute atomic E-state index is 15.1. The Morgan fingerprint density at radius 2 is 0.369 bits per heavy atom. The lowest BCUT2D eigenvalue weighted by Gasteiger charge is -2.26. The summed E-state index contributed by atoms with van der Waals surface area (Å²) in [6.07, 6.45) is 62.8. The van der Waals surface area contributed by atoms with Crippen molar-refractivity contribution in [2.24, 2.45) is 17.8 Å². The summed E-state index contributed by atoms with van der Waals surface area (Å²) in [5.74, 6) is 1.28. The van der Waals surface area contributed by atoms with Crippen molar-refractivity contribution in [1.29, 1.82) is 0 Å². The first-order chi connectivity index (χ1) is 32.0. The van der Waals surface area contributed by atoms with E-state index < -0.39 is 7.82 Å². The molecular formula is C60H123O4P. The van der Waals surface area contributed by atoms with Gasteiger partial charge in [-0.1, -0.05) is 311 Å². The van der Waals surface area contributed by atoms with Gasteiger partial charge >= 0.3 is 7.82 Å². The second kappa shape index (κ2) is 53.5. The lowest BCUT2D eigenvalue weighted by molar-refractivity contribution is 0.0704. The van der Waals surface area contributed by atoms with Gasteiger partial charge < -0.3 is 0 Å². The quantitative estimate of drug-likeness (QED) is 0.0450. The number of hydrogen-bond acceptors (Lipinski definition) is 4. The topological polar surface area (TPSA) is 44.8 Å². The van der Waals surface area contributed by atoms with Crippen molar-refractivity contribution in [3.8, 4) is 0 Å². The average molecular weight is 940 g/mol. The largest absolute Gasteiger partial charge is 0.474 e. The zero-order chi connectivity index (χ0) is 47.4. The Kier molecular flexibility index (Phi) is 53.6. The highest BCUT2D eigenvalue weighted by molar-refractivity contribution is 7.48. The summed E-state index contributed by atoms with van der Waals surface area (Å²) in [5, 5.41) is 0. The number of unbranched alkanes of at least 4 members (excludes halogenated alkanes) is 36. The summed E-state index contributed by atoms with van der Waals surface area (Å²) in [7, 11) is -3.72. The monoisotopic (exact) mass is 939 g/mol. The molecule has 0 saturated heterocycles. The second-order valence-electron chi connectivity index (χ2n) is 21.4. The van der Waals surface area contributed by atoms with Gasteiger partial charge in [0, 0.05) is 0 Å². The van der Waals surface area contributed by atoms with E-state index in [4.69, 9.17) is 13.6 Å². The van der Waals surface area contributed by atoms with Crippen LogP contribution >= 0.6 is 7.82 Å². The van der Waals surface area contributed by atoms with Crippen LogP contribution < -0.4 is 0 Å². The first kappa shape index (κ1) is 65.1. The standard InChI is InChI=1S/C60H123O4P/c1-7-13-19-25-31-34-40-46-52-58(49-43-37-28-22-16-10-4)55-62-65(61,63-56-59(50-44-38-29-23-17-11-5)53-47-41-35-32-26-20-14-8-2)64-57-60(51-45-39-30-24-18-12-6)54-48-42-36-33-27-21-15-9-3/h58-60H,7-57H2,1-6H3. The van der Waals surface area contributed by atoms with Crippen molar-refractivity contribution < 1.29 is 18.1 Å². The predicted octanol–water partition coefficient (Wildman–Crippen LogP) is 22.8. The minimum absolute atomic E-state index is 0.425. The highest BCUT2D eigenvalue weighted by Gasteiger charge is 2.31. The third-order valence-corrected chi connectivity index (χ3v) is 16.1. The van der Waals surface area contributed by atoms with Gasteiger partial charge in [0.25, 0.3) is 0 Å². The van der Waals surface area contributed by atoms with E-state index in [0.29, 0.717) is 37.6 Å². The minimum Gasteiger partial charge on any atom is -0.287 e. The molecule has 0 saturated carbocycles. The molecule has 0 N–H and O–H groups in total. The fourth-order valence-electron chi connectivity index (χ4n) is 9.98. The Balaban J connectivity index is 6.01. The molecular weight excluding hydrogens is 816 g/mol. The van der Waals surface area contributed by atoms with E-state index in [1.807, 2.05) is 0 Å². The molecule has 0 amide bonds. The molecule has 3 unspecified atom stereocenters. The number of hydrogen-bond donors (Lipinski definition) is 0. The summed E-state index contributed by atoms with van der Waals surface area (Å²) in [6, 6.07) is 0. The van der Waals surface area contributed by atoms with Gasteiger partial charge in [0.15, 0.2) is 0 Å². The molecule has 5 heteroatoms. The molecule has 0 spiro atoms. The van der Waals surface area contributed by atoms with Gasteiger partial charge in [-0.3, -0.25) is 13.6 Å². The van der Waals surface area contributed by atoms with Gasteiger partial charge in [0.1, 0.15) is 0 Å². The fourth-order valence-corrected chi connectivity index (χ4v) is 11.4. The molecule has 0 heterocycles. The fraction of sp³-hybridized carbons (Fsp3) is 1.00. The molecule has 0 fully saturated rings. The van der Waals surface area contributed by atoms with Crippen LogP contribution in [0.15, 0.2) is 0 Å². The van der Waals surface area contributed by atoms with E-state index >= 15 is 4.57 Å². The summed E-state index contributed by atoms with van der Waals surface area (Å²) in [4.78, 5) is 0. The predicted molar refractivity (Wildman–Crippen MR) is 292 cm³/mol. The van der Waals surface area contributed by atoms with E-state index in [1.54, 1.807) is 0 Å². The van der Waals surface area contributed by atoms with Gasteiger partial charge in [0.05, 0.1) is 19.8 Å². The maximum Gasteiger partial charge on any atom is 0.474 e.